The second-order valence-electron chi connectivity index (χ2n) is 2.76. The fourth-order valence-corrected chi connectivity index (χ4v) is 5.79. The number of rotatable bonds is 3. The first-order valence-corrected chi connectivity index (χ1v) is 8.21. The van der Waals surface area contributed by atoms with E-state index in [4.69, 9.17) is 0 Å². The molecule has 2 N–H and O–H groups in total. The maximum atomic E-state index is 13.0. The molecule has 1 atom stereocenters. The van der Waals surface area contributed by atoms with Gasteiger partial charge >= 0.3 is 84.8 Å². The fourth-order valence-electron chi connectivity index (χ4n) is 0.767. The molecule has 0 aromatic heterocycles. The van der Waals surface area contributed by atoms with Crippen molar-refractivity contribution in [2.45, 2.75) is 13.3 Å². The summed E-state index contributed by atoms with van der Waals surface area (Å²) in [5.41, 5.74) is 2.23. The summed E-state index contributed by atoms with van der Waals surface area (Å²) in [7, 11) is -13.8. The molecule has 1 heterocycles. The predicted octanol–water partition coefficient (Wildman–Crippen LogP) is 4.24. The topological polar surface area (TPSA) is 39.7 Å². The van der Waals surface area contributed by atoms with Crippen molar-refractivity contribution < 1.29 is 21.0 Å². The molecular formula is C3H10F5N4P3. The number of nitrogens with one attached hydrogen (secondary N) is 2. The Morgan fingerprint density at radius 3 is 2.53 bits per heavy atom. The van der Waals surface area contributed by atoms with E-state index >= 15 is 0 Å². The van der Waals surface area contributed by atoms with Crippen molar-refractivity contribution in [1.82, 2.24) is 14.8 Å². The Morgan fingerprint density at radius 2 is 2.07 bits per heavy atom. The van der Waals surface area contributed by atoms with Crippen LogP contribution < -0.4 is 10.3 Å². The van der Waals surface area contributed by atoms with Crippen molar-refractivity contribution in [2.24, 2.45) is 4.52 Å². The molecule has 4 nitrogen and oxygen atoms in total. The minimum absolute atomic E-state index is 0.195. The summed E-state index contributed by atoms with van der Waals surface area (Å²) in [4.78, 5) is 1.15. The summed E-state index contributed by atoms with van der Waals surface area (Å²) in [6, 6.07) is 0. The van der Waals surface area contributed by atoms with Crippen LogP contribution in [0.2, 0.25) is 0 Å². The van der Waals surface area contributed by atoms with Gasteiger partial charge in [-0.3, -0.25) is 0 Å². The van der Waals surface area contributed by atoms with E-state index in [1.807, 2.05) is 0 Å². The molecule has 0 bridgehead atoms. The van der Waals surface area contributed by atoms with Gasteiger partial charge in [-0.1, -0.05) is 0 Å². The Labute approximate surface area is 85.6 Å². The third-order valence-electron chi connectivity index (χ3n) is 1.34. The van der Waals surface area contributed by atoms with Crippen molar-refractivity contribution in [1.29, 1.82) is 0 Å². The van der Waals surface area contributed by atoms with Crippen molar-refractivity contribution in [3.05, 3.63) is 0 Å². The molecular weight excluding hydrogens is 280 g/mol. The van der Waals surface area contributed by atoms with Crippen LogP contribution >= 0.6 is 24.5 Å². The zero-order valence-corrected chi connectivity index (χ0v) is 10.4. The maximum absolute atomic E-state index is 13.0. The van der Waals surface area contributed by atoms with Crippen LogP contribution in [0.25, 0.3) is 0 Å². The molecule has 0 saturated carbocycles. The molecule has 0 aromatic carbocycles. The van der Waals surface area contributed by atoms with Gasteiger partial charge in [0.1, 0.15) is 0 Å². The minimum atomic E-state index is -7.17. The monoisotopic (exact) mass is 290 g/mol. The first-order chi connectivity index (χ1) is 6.64. The number of hydrogen-bond donors (Lipinski definition) is 2. The van der Waals surface area contributed by atoms with Gasteiger partial charge in [0.2, 0.25) is 0 Å². The summed E-state index contributed by atoms with van der Waals surface area (Å²) < 4.78 is 65.8. The second kappa shape index (κ2) is 4.13. The van der Waals surface area contributed by atoms with E-state index in [0.717, 1.165) is 4.86 Å². The van der Waals surface area contributed by atoms with Crippen LogP contribution in [0.3, 0.4) is 0 Å². The second-order valence-corrected chi connectivity index (χ2v) is 8.27. The van der Waals surface area contributed by atoms with E-state index in [9.17, 15) is 21.0 Å². The summed E-state index contributed by atoms with van der Waals surface area (Å²) in [5, 5.41) is 0. The molecule has 1 aliphatic heterocycles. The molecule has 0 radical (unpaired) electrons. The van der Waals surface area contributed by atoms with Crippen LogP contribution in [-0.4, -0.2) is 11.1 Å². The summed E-state index contributed by atoms with van der Waals surface area (Å²) in [5.74, 6) is 0. The van der Waals surface area contributed by atoms with Crippen LogP contribution in [-0.2, 0) is 0 Å². The molecule has 12 heteroatoms. The first-order valence-electron chi connectivity index (χ1n) is 3.93. The molecule has 0 amide bonds. The van der Waals surface area contributed by atoms with Gasteiger partial charge in [0.25, 0.3) is 0 Å². The molecule has 0 aromatic rings. The molecule has 0 saturated heterocycles. The average Bonchev–Trinajstić information content (AvgIpc) is 1.98. The van der Waals surface area contributed by atoms with E-state index in [1.165, 1.54) is 0 Å². The SMILES string of the molecule is CCCNN1PNP(F)(F)(F)N=P1(F)F. The van der Waals surface area contributed by atoms with E-state index in [2.05, 4.69) is 5.43 Å². The third-order valence-corrected chi connectivity index (χ3v) is 7.20. The number of nitrogens with zero attached hydrogens (tertiary/aromatic N) is 2. The zero-order chi connectivity index (χ0) is 11.8. The van der Waals surface area contributed by atoms with Gasteiger partial charge in [-0.2, -0.15) is 0 Å². The van der Waals surface area contributed by atoms with Crippen molar-refractivity contribution in [3.8, 4) is 0 Å². The van der Waals surface area contributed by atoms with Crippen LogP contribution in [0.5, 0.6) is 0 Å². The Hall–Kier alpha value is 0.620. The van der Waals surface area contributed by atoms with Gasteiger partial charge < -0.3 is 0 Å². The van der Waals surface area contributed by atoms with Crippen molar-refractivity contribution in [2.75, 3.05) is 6.54 Å². The molecule has 1 rings (SSSR count). The molecule has 92 valence electrons. The number of hydrogen-bond acceptors (Lipinski definition) is 4. The Morgan fingerprint density at radius 1 is 1.47 bits per heavy atom. The molecule has 1 unspecified atom stereocenters. The molecule has 0 spiro atoms. The van der Waals surface area contributed by atoms with Crippen molar-refractivity contribution >= 4 is 24.5 Å². The van der Waals surface area contributed by atoms with E-state index in [1.54, 1.807) is 11.4 Å². The quantitative estimate of drug-likeness (QED) is 0.603. The molecule has 1 aliphatic rings. The number of halogens is 5. The van der Waals surface area contributed by atoms with Crippen molar-refractivity contribution in [3.63, 3.8) is 0 Å². The third kappa shape index (κ3) is 3.84. The Balaban J connectivity index is 2.88. The van der Waals surface area contributed by atoms with Gasteiger partial charge in [0, 0.05) is 0 Å². The van der Waals surface area contributed by atoms with E-state index in [0.29, 0.717) is 6.42 Å². The molecule has 0 aliphatic carbocycles. The average molecular weight is 290 g/mol. The van der Waals surface area contributed by atoms with Gasteiger partial charge in [-0.25, -0.2) is 0 Å². The standard InChI is InChI=1S/C3H10F5N4P3/c1-2-3-9-12-13-10-15(6,7,8)11-14(12,4)5/h9-10,13H,2-3H2,1H3. The normalized spacial score (nSPS) is 32.8. The predicted molar refractivity (Wildman–Crippen MR) is 53.4 cm³/mol. The molecule has 15 heavy (non-hydrogen) atoms. The first kappa shape index (κ1) is 13.7. The fraction of sp³-hybridized carbons (Fsp3) is 1.00. The van der Waals surface area contributed by atoms with Crippen LogP contribution in [0, 0.1) is 0 Å². The zero-order valence-electron chi connectivity index (χ0n) is 7.59. The summed E-state index contributed by atoms with van der Waals surface area (Å²) >= 11 is 0. The van der Waals surface area contributed by atoms with E-state index < -0.39 is 24.5 Å². The summed E-state index contributed by atoms with van der Waals surface area (Å²) in [6.07, 6.45) is 0.547. The molecule has 0 fully saturated rings. The van der Waals surface area contributed by atoms with Gasteiger partial charge in [-0.15, -0.1) is 0 Å². The van der Waals surface area contributed by atoms with Gasteiger partial charge in [0.05, 0.1) is 0 Å². The van der Waals surface area contributed by atoms with Crippen LogP contribution in [0.15, 0.2) is 4.52 Å². The van der Waals surface area contributed by atoms with Gasteiger partial charge in [0.15, 0.2) is 0 Å². The van der Waals surface area contributed by atoms with Gasteiger partial charge in [-0.05, 0) is 0 Å². The van der Waals surface area contributed by atoms with Crippen LogP contribution in [0.1, 0.15) is 13.3 Å². The number of hydrazine groups is 1. The van der Waals surface area contributed by atoms with Crippen LogP contribution in [0.4, 0.5) is 21.0 Å². The Bertz CT molecular complexity index is 296. The summed E-state index contributed by atoms with van der Waals surface area (Å²) in [6.45, 7) is 1.92. The Kier molecular flexibility index (Phi) is 3.77. The van der Waals surface area contributed by atoms with E-state index in [-0.39, 0.29) is 11.1 Å².